The fraction of sp³-hybridized carbons (Fsp3) is 0.417. The molecule has 0 aromatic carbocycles. The van der Waals surface area contributed by atoms with E-state index in [-0.39, 0.29) is 13.0 Å². The molecule has 0 saturated heterocycles. The molecular formula is C12H15N3O3. The number of urea groups is 1. The van der Waals surface area contributed by atoms with Gasteiger partial charge in [-0.15, -0.1) is 0 Å². The predicted octanol–water partition coefficient (Wildman–Crippen LogP) is 1.56. The van der Waals surface area contributed by atoms with Gasteiger partial charge in [0.1, 0.15) is 5.82 Å². The largest absolute Gasteiger partial charge is 0.481 e. The van der Waals surface area contributed by atoms with E-state index in [2.05, 4.69) is 15.6 Å². The van der Waals surface area contributed by atoms with Crippen LogP contribution >= 0.6 is 0 Å². The van der Waals surface area contributed by atoms with Crippen molar-refractivity contribution in [3.05, 3.63) is 23.9 Å². The van der Waals surface area contributed by atoms with Crippen molar-refractivity contribution >= 4 is 17.8 Å². The number of rotatable bonds is 5. The van der Waals surface area contributed by atoms with Crippen LogP contribution in [0.4, 0.5) is 10.6 Å². The lowest BCUT2D eigenvalue weighted by Gasteiger charge is -2.07. The number of hydrogen-bond donors (Lipinski definition) is 3. The molecule has 18 heavy (non-hydrogen) atoms. The molecule has 1 aromatic rings. The third-order valence-electron chi connectivity index (χ3n) is 2.70. The number of carboxylic acids is 1. The van der Waals surface area contributed by atoms with E-state index in [1.807, 2.05) is 12.1 Å². The number of hydrogen-bond acceptors (Lipinski definition) is 3. The Morgan fingerprint density at radius 2 is 2.22 bits per heavy atom. The first-order valence-electron chi connectivity index (χ1n) is 5.88. The third-order valence-corrected chi connectivity index (χ3v) is 2.70. The number of aliphatic carboxylic acids is 1. The highest BCUT2D eigenvalue weighted by atomic mass is 16.4. The second-order valence-corrected chi connectivity index (χ2v) is 4.27. The van der Waals surface area contributed by atoms with Gasteiger partial charge >= 0.3 is 12.0 Å². The topological polar surface area (TPSA) is 91.3 Å². The summed E-state index contributed by atoms with van der Waals surface area (Å²) < 4.78 is 0. The Morgan fingerprint density at radius 1 is 1.44 bits per heavy atom. The summed E-state index contributed by atoms with van der Waals surface area (Å²) >= 11 is 0. The number of pyridine rings is 1. The highest BCUT2D eigenvalue weighted by Gasteiger charge is 2.23. The van der Waals surface area contributed by atoms with Crippen LogP contribution in [0, 0.1) is 0 Å². The molecule has 1 aromatic heterocycles. The molecule has 6 nitrogen and oxygen atoms in total. The lowest BCUT2D eigenvalue weighted by molar-refractivity contribution is -0.136. The average Bonchev–Trinajstić information content (AvgIpc) is 3.12. The highest BCUT2D eigenvalue weighted by Crippen LogP contribution is 2.40. The second kappa shape index (κ2) is 5.48. The molecule has 1 heterocycles. The van der Waals surface area contributed by atoms with Gasteiger partial charge in [0.2, 0.25) is 0 Å². The first kappa shape index (κ1) is 12.3. The maximum atomic E-state index is 11.4. The van der Waals surface area contributed by atoms with Crippen molar-refractivity contribution in [3.8, 4) is 0 Å². The van der Waals surface area contributed by atoms with Gasteiger partial charge < -0.3 is 10.4 Å². The van der Waals surface area contributed by atoms with Crippen LogP contribution < -0.4 is 10.6 Å². The van der Waals surface area contributed by atoms with Gasteiger partial charge in [-0.2, -0.15) is 0 Å². The summed E-state index contributed by atoms with van der Waals surface area (Å²) in [6, 6.07) is 3.37. The second-order valence-electron chi connectivity index (χ2n) is 4.27. The summed E-state index contributed by atoms with van der Waals surface area (Å²) in [5, 5.41) is 13.5. The van der Waals surface area contributed by atoms with E-state index in [9.17, 15) is 9.59 Å². The minimum absolute atomic E-state index is 0.0943. The number of carbonyl (C=O) groups is 2. The standard InChI is InChI=1S/C12H15N3O3/c16-11(17)4-6-14-12(18)15-10-7-9(3-5-13-10)8-1-2-8/h3,5,7-8H,1-2,4,6H2,(H,16,17)(H2,13,14,15,18). The highest BCUT2D eigenvalue weighted by molar-refractivity contribution is 5.88. The Hall–Kier alpha value is -2.11. The van der Waals surface area contributed by atoms with Crippen LogP contribution in [0.1, 0.15) is 30.7 Å². The molecule has 2 rings (SSSR count). The van der Waals surface area contributed by atoms with Crippen molar-refractivity contribution in [2.45, 2.75) is 25.2 Å². The van der Waals surface area contributed by atoms with Gasteiger partial charge in [0.05, 0.1) is 6.42 Å². The van der Waals surface area contributed by atoms with Crippen molar-refractivity contribution in [3.63, 3.8) is 0 Å². The molecule has 2 amide bonds. The van der Waals surface area contributed by atoms with Crippen LogP contribution in [0.2, 0.25) is 0 Å². The monoisotopic (exact) mass is 249 g/mol. The number of carboxylic acid groups (broad SMARTS) is 1. The molecule has 96 valence electrons. The Labute approximate surface area is 104 Å². The summed E-state index contributed by atoms with van der Waals surface area (Å²) in [6.45, 7) is 0.101. The van der Waals surface area contributed by atoms with Crippen LogP contribution in [0.3, 0.4) is 0 Å². The van der Waals surface area contributed by atoms with Crippen LogP contribution in [0.25, 0.3) is 0 Å². The Morgan fingerprint density at radius 3 is 2.89 bits per heavy atom. The smallest absolute Gasteiger partial charge is 0.320 e. The first-order valence-corrected chi connectivity index (χ1v) is 5.88. The summed E-state index contributed by atoms with van der Waals surface area (Å²) in [6.07, 6.45) is 3.95. The fourth-order valence-corrected chi connectivity index (χ4v) is 1.63. The lowest BCUT2D eigenvalue weighted by Crippen LogP contribution is -2.30. The molecule has 1 saturated carbocycles. The number of anilines is 1. The van der Waals surface area contributed by atoms with E-state index >= 15 is 0 Å². The van der Waals surface area contributed by atoms with Gasteiger partial charge in [0.25, 0.3) is 0 Å². The SMILES string of the molecule is O=C(O)CCNC(=O)Nc1cc(C2CC2)ccn1. The van der Waals surface area contributed by atoms with Gasteiger partial charge in [0, 0.05) is 12.7 Å². The van der Waals surface area contributed by atoms with Crippen LogP contribution in [0.5, 0.6) is 0 Å². The minimum Gasteiger partial charge on any atom is -0.481 e. The Balaban J connectivity index is 1.82. The maximum Gasteiger partial charge on any atom is 0.320 e. The fourth-order valence-electron chi connectivity index (χ4n) is 1.63. The van der Waals surface area contributed by atoms with Crippen LogP contribution in [0.15, 0.2) is 18.3 Å². The van der Waals surface area contributed by atoms with Crippen molar-refractivity contribution in [1.29, 1.82) is 0 Å². The molecule has 6 heteroatoms. The van der Waals surface area contributed by atoms with E-state index in [0.717, 1.165) is 0 Å². The molecule has 0 bridgehead atoms. The minimum atomic E-state index is -0.941. The summed E-state index contributed by atoms with van der Waals surface area (Å²) in [5.41, 5.74) is 1.19. The van der Waals surface area contributed by atoms with Crippen molar-refractivity contribution in [2.24, 2.45) is 0 Å². The summed E-state index contributed by atoms with van der Waals surface area (Å²) in [5.74, 6) is 0.153. The maximum absolute atomic E-state index is 11.4. The normalized spacial score (nSPS) is 14.0. The molecular weight excluding hydrogens is 234 g/mol. The zero-order valence-electron chi connectivity index (χ0n) is 9.85. The van der Waals surface area contributed by atoms with Gasteiger partial charge in [0.15, 0.2) is 0 Å². The zero-order chi connectivity index (χ0) is 13.0. The summed E-state index contributed by atoms with van der Waals surface area (Å²) in [7, 11) is 0. The number of amides is 2. The van der Waals surface area contributed by atoms with Crippen LogP contribution in [-0.2, 0) is 4.79 Å². The van der Waals surface area contributed by atoms with Crippen molar-refractivity contribution < 1.29 is 14.7 Å². The zero-order valence-corrected chi connectivity index (χ0v) is 9.85. The van der Waals surface area contributed by atoms with E-state index in [4.69, 9.17) is 5.11 Å². The van der Waals surface area contributed by atoms with Gasteiger partial charge in [-0.25, -0.2) is 9.78 Å². The van der Waals surface area contributed by atoms with E-state index in [0.29, 0.717) is 11.7 Å². The number of nitrogens with one attached hydrogen (secondary N) is 2. The third kappa shape index (κ3) is 3.73. The quantitative estimate of drug-likeness (QED) is 0.738. The first-order chi connectivity index (χ1) is 8.65. The van der Waals surface area contributed by atoms with E-state index < -0.39 is 12.0 Å². The molecule has 0 aliphatic heterocycles. The molecule has 3 N–H and O–H groups in total. The van der Waals surface area contributed by atoms with Gasteiger partial charge in [-0.1, -0.05) is 0 Å². The van der Waals surface area contributed by atoms with Gasteiger partial charge in [-0.3, -0.25) is 10.1 Å². The van der Waals surface area contributed by atoms with E-state index in [1.165, 1.54) is 18.4 Å². The van der Waals surface area contributed by atoms with E-state index in [1.54, 1.807) is 6.20 Å². The predicted molar refractivity (Wildman–Crippen MR) is 65.5 cm³/mol. The molecule has 1 aliphatic carbocycles. The molecule has 0 atom stereocenters. The van der Waals surface area contributed by atoms with Crippen molar-refractivity contribution in [2.75, 3.05) is 11.9 Å². The summed E-state index contributed by atoms with van der Waals surface area (Å²) in [4.78, 5) is 25.8. The number of aromatic nitrogens is 1. The molecule has 1 fully saturated rings. The van der Waals surface area contributed by atoms with Crippen molar-refractivity contribution in [1.82, 2.24) is 10.3 Å². The molecule has 1 aliphatic rings. The number of nitrogens with zero attached hydrogens (tertiary/aromatic N) is 1. The Kier molecular flexibility index (Phi) is 3.76. The molecule has 0 radical (unpaired) electrons. The average molecular weight is 249 g/mol. The number of carbonyl (C=O) groups excluding carboxylic acids is 1. The molecule has 0 spiro atoms. The molecule has 0 unspecified atom stereocenters. The van der Waals surface area contributed by atoms with Gasteiger partial charge in [-0.05, 0) is 36.5 Å². The lowest BCUT2D eigenvalue weighted by atomic mass is 10.2. The van der Waals surface area contributed by atoms with Crippen LogP contribution in [-0.4, -0.2) is 28.6 Å². The Bertz CT molecular complexity index is 458.